The third-order valence-corrected chi connectivity index (χ3v) is 25.0. The molecule has 0 aromatic heterocycles. The molecule has 7 rings (SSSR count). The van der Waals surface area contributed by atoms with Crippen LogP contribution in [0.25, 0.3) is 0 Å². The van der Waals surface area contributed by atoms with Crippen molar-refractivity contribution in [3.05, 3.63) is 129 Å². The average molecular weight is 731 g/mol. The van der Waals surface area contributed by atoms with Crippen LogP contribution >= 0.6 is 0 Å². The summed E-state index contributed by atoms with van der Waals surface area (Å²) in [6, 6.07) is 9.51. The van der Waals surface area contributed by atoms with E-state index in [9.17, 15) is 0 Å². The summed E-state index contributed by atoms with van der Waals surface area (Å²) in [5.41, 5.74) is 4.14. The Hall–Kier alpha value is -1.53. The molecular formula is C43H52Cl2Zr. The van der Waals surface area contributed by atoms with Crippen molar-refractivity contribution in [3.8, 4) is 0 Å². The van der Waals surface area contributed by atoms with Gasteiger partial charge in [-0.2, -0.15) is 0 Å². The van der Waals surface area contributed by atoms with Crippen molar-refractivity contribution in [1.29, 1.82) is 0 Å². The molecule has 2 fully saturated rings. The van der Waals surface area contributed by atoms with Crippen molar-refractivity contribution >= 4 is 3.21 Å². The van der Waals surface area contributed by atoms with Gasteiger partial charge in [0.1, 0.15) is 0 Å². The number of halogens is 2. The number of aryl methyl sites for hydroxylation is 1. The van der Waals surface area contributed by atoms with Gasteiger partial charge in [0.15, 0.2) is 0 Å². The number of hydrogen-bond acceptors (Lipinski definition) is 0. The summed E-state index contributed by atoms with van der Waals surface area (Å²) >= 11 is -2.62. The van der Waals surface area contributed by atoms with Crippen LogP contribution in [0.2, 0.25) is 3.63 Å². The fourth-order valence-corrected chi connectivity index (χ4v) is 23.3. The fraction of sp³-hybridized carbons (Fsp3) is 0.465. The van der Waals surface area contributed by atoms with Crippen LogP contribution in [0.4, 0.5) is 0 Å². The Morgan fingerprint density at radius 1 is 0.674 bits per heavy atom. The predicted molar refractivity (Wildman–Crippen MR) is 186 cm³/mol. The first-order valence-electron chi connectivity index (χ1n) is 16.9. The Morgan fingerprint density at radius 2 is 1.22 bits per heavy atom. The monoisotopic (exact) mass is 728 g/mol. The number of rotatable bonds is 3. The van der Waals surface area contributed by atoms with Crippen molar-refractivity contribution in [2.75, 3.05) is 0 Å². The molecule has 6 aliphatic rings. The minimum Gasteiger partial charge on any atom is -1.00 e. The molecule has 242 valence electrons. The van der Waals surface area contributed by atoms with Gasteiger partial charge in [-0.1, -0.05) is 0 Å². The molecule has 0 aliphatic heterocycles. The van der Waals surface area contributed by atoms with Gasteiger partial charge in [0, 0.05) is 0 Å². The standard InChI is InChI=1S/C29H37.C9H10.C5H5.2ClH.Zr/c1-21-14-13-15-22-20-27(6)25(4)18-10-9-16-23(25,2)24(3)17-11-12-19-26(24,5)29(27,8)28(21,22)7;1-3-9-6-4-8(2)5-7-9;1-2-4-5-3-1;;;/h9-20,22H,1-8H3;4-7H,1-2H3;1-3H,4H2;2*1H;/q;;;;;+2/p-2. The first-order valence-corrected chi connectivity index (χ1v) is 20.8. The molecule has 1 aromatic carbocycles. The summed E-state index contributed by atoms with van der Waals surface area (Å²) in [5.74, 6) is 0.484. The van der Waals surface area contributed by atoms with Gasteiger partial charge in [-0.05, 0) is 0 Å². The Labute approximate surface area is 299 Å². The molecule has 0 N–H and O–H groups in total. The molecule has 0 nitrogen and oxygen atoms in total. The third-order valence-electron chi connectivity index (χ3n) is 15.8. The molecule has 1 aromatic rings. The van der Waals surface area contributed by atoms with Crippen molar-refractivity contribution in [3.63, 3.8) is 0 Å². The zero-order chi connectivity index (χ0) is 31.6. The van der Waals surface area contributed by atoms with Crippen LogP contribution in [0, 0.1) is 50.7 Å². The second-order valence-corrected chi connectivity index (χ2v) is 23.2. The van der Waals surface area contributed by atoms with E-state index in [2.05, 4.69) is 179 Å². The van der Waals surface area contributed by atoms with E-state index < -0.39 is 21.3 Å². The van der Waals surface area contributed by atoms with E-state index in [1.807, 2.05) is 0 Å². The van der Waals surface area contributed by atoms with Crippen LogP contribution in [-0.4, -0.2) is 3.21 Å². The van der Waals surface area contributed by atoms with Gasteiger partial charge in [0.25, 0.3) is 0 Å². The van der Waals surface area contributed by atoms with E-state index in [1.54, 1.807) is 12.1 Å². The molecule has 3 heteroatoms. The topological polar surface area (TPSA) is 0 Å². The van der Waals surface area contributed by atoms with Gasteiger partial charge >= 0.3 is 277 Å². The number of hydrogen-bond donors (Lipinski definition) is 0. The molecule has 46 heavy (non-hydrogen) atoms. The first kappa shape index (κ1) is 35.8. The minimum atomic E-state index is -2.62. The molecule has 9 atom stereocenters. The molecule has 0 spiro atoms. The summed E-state index contributed by atoms with van der Waals surface area (Å²) in [4.78, 5) is 0. The van der Waals surface area contributed by atoms with Crippen LogP contribution in [0.15, 0.2) is 118 Å². The van der Waals surface area contributed by atoms with Gasteiger partial charge in [-0.3, -0.25) is 0 Å². The minimum absolute atomic E-state index is 0. The van der Waals surface area contributed by atoms with Crippen LogP contribution in [-0.2, 0) is 21.3 Å². The summed E-state index contributed by atoms with van der Waals surface area (Å²) in [6.45, 7) is 26.1. The molecule has 0 amide bonds. The Morgan fingerprint density at radius 3 is 1.78 bits per heavy atom. The second kappa shape index (κ2) is 11.3. The number of fused-ring (bicyclic) bond motifs is 8. The average Bonchev–Trinajstić information content (AvgIpc) is 3.58. The summed E-state index contributed by atoms with van der Waals surface area (Å²) in [7, 11) is 0. The fourth-order valence-electron chi connectivity index (χ4n) is 12.5. The maximum atomic E-state index is 2.80. The quantitative estimate of drug-likeness (QED) is 0.399. The zero-order valence-corrected chi connectivity index (χ0v) is 33.5. The van der Waals surface area contributed by atoms with Crippen LogP contribution in [0.5, 0.6) is 0 Å². The molecule has 0 heterocycles. The van der Waals surface area contributed by atoms with Gasteiger partial charge in [0.2, 0.25) is 0 Å². The molecule has 2 saturated carbocycles. The Balaban J connectivity index is 0.00000208. The SMILES string of the molecule is CC1=CC=CC2[CH](/[Zr+2]([C]3=CC=CC3)=[C](\C)c3ccc(C)cc3)C3(C)C4(C)C=CC=CC4(C)C4(C)C=CC=CC4(C)C3(C)C12C.[Cl-].[Cl-]. The van der Waals surface area contributed by atoms with Gasteiger partial charge < -0.3 is 24.8 Å². The third kappa shape index (κ3) is 3.70. The van der Waals surface area contributed by atoms with Gasteiger partial charge in [0.05, 0.1) is 0 Å². The van der Waals surface area contributed by atoms with E-state index >= 15 is 0 Å². The Kier molecular flexibility index (Phi) is 8.75. The molecule has 0 saturated heterocycles. The van der Waals surface area contributed by atoms with Crippen molar-refractivity contribution in [2.45, 2.75) is 79.3 Å². The van der Waals surface area contributed by atoms with E-state index in [4.69, 9.17) is 0 Å². The van der Waals surface area contributed by atoms with Crippen molar-refractivity contribution in [1.82, 2.24) is 0 Å². The summed E-state index contributed by atoms with van der Waals surface area (Å²) in [5, 5.41) is 0. The van der Waals surface area contributed by atoms with E-state index in [0.717, 1.165) is 6.42 Å². The predicted octanol–water partition coefficient (Wildman–Crippen LogP) is 5.25. The largest absolute Gasteiger partial charge is 1.00 e. The van der Waals surface area contributed by atoms with Crippen LogP contribution in [0.3, 0.4) is 0 Å². The second-order valence-electron chi connectivity index (χ2n) is 16.2. The number of benzene rings is 1. The van der Waals surface area contributed by atoms with E-state index in [0.29, 0.717) is 9.54 Å². The summed E-state index contributed by atoms with van der Waals surface area (Å²) in [6.07, 6.45) is 36.1. The smallest absolute Gasteiger partial charge is 1.00 e. The zero-order valence-electron chi connectivity index (χ0n) is 29.5. The number of allylic oxidation sites excluding steroid dienone is 16. The van der Waals surface area contributed by atoms with Gasteiger partial charge in [-0.15, -0.1) is 0 Å². The Bertz CT molecular complexity index is 1730. The van der Waals surface area contributed by atoms with Crippen molar-refractivity contribution in [2.24, 2.45) is 43.8 Å². The summed E-state index contributed by atoms with van der Waals surface area (Å²) < 4.78 is 4.09. The first-order chi connectivity index (χ1) is 20.7. The van der Waals surface area contributed by atoms with Crippen LogP contribution < -0.4 is 24.8 Å². The molecule has 6 aliphatic carbocycles. The molecular weight excluding hydrogens is 679 g/mol. The van der Waals surface area contributed by atoms with Crippen LogP contribution in [0.1, 0.15) is 79.9 Å². The molecule has 0 radical (unpaired) electrons. The maximum absolute atomic E-state index is 2.80. The van der Waals surface area contributed by atoms with Gasteiger partial charge in [-0.25, -0.2) is 0 Å². The van der Waals surface area contributed by atoms with Crippen molar-refractivity contribution < 1.29 is 46.1 Å². The normalized spacial score (nSPS) is 44.2. The maximum Gasteiger partial charge on any atom is -1.00 e. The molecule has 9 unspecified atom stereocenters. The molecule has 0 bridgehead atoms. The van der Waals surface area contributed by atoms with E-state index in [-0.39, 0.29) is 62.7 Å². The van der Waals surface area contributed by atoms with E-state index in [1.165, 1.54) is 11.1 Å².